The molecule has 1 fully saturated rings. The number of nitrogens with one attached hydrogen (secondary N) is 2. The maximum atomic E-state index is 14.7. The molecular weight excluding hydrogens is 549 g/mol. The molecule has 2 atom stereocenters. The highest BCUT2D eigenvalue weighted by molar-refractivity contribution is 7.70. The highest BCUT2D eigenvalue weighted by Crippen LogP contribution is 2.40. The number of rotatable bonds is 7. The molecule has 0 unspecified atom stereocenters. The number of piperidine rings is 1. The molecule has 2 N–H and O–H groups in total. The van der Waals surface area contributed by atoms with Crippen LogP contribution < -0.4 is 20.7 Å². The van der Waals surface area contributed by atoms with Crippen LogP contribution in [-0.4, -0.2) is 70.4 Å². The largest absolute Gasteiger partial charge is 0.495 e. The second-order valence-electron chi connectivity index (χ2n) is 10.1. The average molecular weight is 582 g/mol. The Labute approximate surface area is 230 Å². The first-order valence-corrected chi connectivity index (χ1v) is 15.9. The van der Waals surface area contributed by atoms with Gasteiger partial charge < -0.3 is 24.8 Å². The van der Waals surface area contributed by atoms with Crippen molar-refractivity contribution in [1.82, 2.24) is 4.90 Å². The predicted octanol–water partition coefficient (Wildman–Crippen LogP) is 6.18. The number of ether oxygens (including phenoxy) is 1. The van der Waals surface area contributed by atoms with Crippen LogP contribution in [0.2, 0.25) is 0 Å². The van der Waals surface area contributed by atoms with Gasteiger partial charge in [-0.3, -0.25) is 0 Å². The molecule has 0 spiro atoms. The van der Waals surface area contributed by atoms with Crippen LogP contribution in [0.5, 0.6) is 5.75 Å². The molecule has 5 nitrogen and oxygen atoms in total. The summed E-state index contributed by atoms with van der Waals surface area (Å²) in [6, 6.07) is 9.95. The van der Waals surface area contributed by atoms with Gasteiger partial charge in [0.2, 0.25) is 0 Å². The van der Waals surface area contributed by atoms with E-state index in [-0.39, 0.29) is 12.1 Å². The summed E-state index contributed by atoms with van der Waals surface area (Å²) in [5.74, 6) is 6.37. The Morgan fingerprint density at radius 2 is 1.97 bits per heavy atom. The number of nitrogens with zero attached hydrogens (tertiary/aromatic N) is 1. The molecule has 11 heteroatoms. The molecule has 0 saturated carbocycles. The molecule has 1 aliphatic rings. The molecule has 0 bridgehead atoms. The molecule has 0 radical (unpaired) electrons. The van der Waals surface area contributed by atoms with E-state index in [1.807, 2.05) is 11.9 Å². The normalized spacial score (nSPS) is 18.5. The van der Waals surface area contributed by atoms with Crippen LogP contribution in [-0.2, 0) is 11.0 Å². The van der Waals surface area contributed by atoms with Crippen molar-refractivity contribution in [2.75, 3.05) is 57.8 Å². The van der Waals surface area contributed by atoms with Gasteiger partial charge in [0, 0.05) is 18.4 Å². The van der Waals surface area contributed by atoms with Gasteiger partial charge in [-0.25, -0.2) is 4.39 Å². The van der Waals surface area contributed by atoms with Crippen molar-refractivity contribution in [3.63, 3.8) is 0 Å². The molecular formula is C28H32F4N3O2PS. The van der Waals surface area contributed by atoms with E-state index in [9.17, 15) is 22.1 Å². The Morgan fingerprint density at radius 3 is 2.64 bits per heavy atom. The number of benzene rings is 2. The summed E-state index contributed by atoms with van der Waals surface area (Å²) in [6.07, 6.45) is -5.98. The maximum absolute atomic E-state index is 14.7. The van der Waals surface area contributed by atoms with Crippen molar-refractivity contribution < 1.29 is 26.9 Å². The third-order valence-electron chi connectivity index (χ3n) is 6.66. The molecule has 4 rings (SSSR count). The van der Waals surface area contributed by atoms with Crippen molar-refractivity contribution in [1.29, 1.82) is 0 Å². The van der Waals surface area contributed by atoms with Gasteiger partial charge in [-0.1, -0.05) is 24.0 Å². The molecule has 1 aliphatic heterocycles. The molecule has 2 heterocycles. The minimum atomic E-state index is -4.41. The number of hydrogen-bond donors (Lipinski definition) is 2. The summed E-state index contributed by atoms with van der Waals surface area (Å²) in [5, 5.41) is 7.53. The Bertz CT molecular complexity index is 1440. The third-order valence-corrected chi connectivity index (χ3v) is 9.38. The van der Waals surface area contributed by atoms with Gasteiger partial charge in [0.1, 0.15) is 19.1 Å². The smallest absolute Gasteiger partial charge is 0.393 e. The van der Waals surface area contributed by atoms with Crippen LogP contribution in [0.15, 0.2) is 36.4 Å². The zero-order valence-electron chi connectivity index (χ0n) is 22.3. The van der Waals surface area contributed by atoms with E-state index in [0.29, 0.717) is 50.4 Å². The van der Waals surface area contributed by atoms with Gasteiger partial charge in [-0.15, -0.1) is 11.3 Å². The molecule has 1 aromatic heterocycles. The summed E-state index contributed by atoms with van der Waals surface area (Å²) < 4.78 is 73.7. The van der Waals surface area contributed by atoms with Gasteiger partial charge in [-0.2, -0.15) is 13.2 Å². The van der Waals surface area contributed by atoms with Crippen molar-refractivity contribution in [2.24, 2.45) is 0 Å². The lowest BCUT2D eigenvalue weighted by Crippen LogP contribution is -2.46. The van der Waals surface area contributed by atoms with Crippen molar-refractivity contribution in [3.05, 3.63) is 46.8 Å². The van der Waals surface area contributed by atoms with Gasteiger partial charge in [-0.05, 0) is 62.0 Å². The van der Waals surface area contributed by atoms with Gasteiger partial charge in [0.05, 0.1) is 47.1 Å². The number of hydrogen-bond acceptors (Lipinski definition) is 6. The summed E-state index contributed by atoms with van der Waals surface area (Å²) in [7, 11) is 0.912. The predicted molar refractivity (Wildman–Crippen MR) is 153 cm³/mol. The number of halogens is 4. The fraction of sp³-hybridized carbons (Fsp3) is 0.429. The number of fused-ring (bicyclic) bond motifs is 1. The lowest BCUT2D eigenvalue weighted by molar-refractivity contribution is -0.126. The first kappa shape index (κ1) is 29.3. The van der Waals surface area contributed by atoms with E-state index >= 15 is 0 Å². The van der Waals surface area contributed by atoms with Crippen molar-refractivity contribution >= 4 is 45.2 Å². The first-order valence-electron chi connectivity index (χ1n) is 12.5. The number of methoxy groups -OCH3 is 1. The van der Waals surface area contributed by atoms with Crippen LogP contribution in [0, 0.1) is 11.8 Å². The van der Waals surface area contributed by atoms with E-state index < -0.39 is 32.0 Å². The minimum absolute atomic E-state index is 0.127. The Balaban J connectivity index is 1.60. The van der Waals surface area contributed by atoms with Gasteiger partial charge >= 0.3 is 6.18 Å². The lowest BCUT2D eigenvalue weighted by atomic mass is 10.0. The molecule has 210 valence electrons. The summed E-state index contributed by atoms with van der Waals surface area (Å²) in [4.78, 5) is 2.26. The second-order valence-corrected chi connectivity index (χ2v) is 14.3. The van der Waals surface area contributed by atoms with E-state index in [0.717, 1.165) is 6.54 Å². The molecule has 2 aromatic carbocycles. The number of anilines is 2. The minimum Gasteiger partial charge on any atom is -0.495 e. The van der Waals surface area contributed by atoms with E-state index in [2.05, 4.69) is 22.5 Å². The first-order chi connectivity index (χ1) is 18.4. The van der Waals surface area contributed by atoms with E-state index in [4.69, 9.17) is 4.74 Å². The van der Waals surface area contributed by atoms with Crippen LogP contribution in [0.1, 0.15) is 16.9 Å². The standard InChI is InChI=1S/C28H32F4N3O2PS/c1-35-14-12-22(21(29)17-35)34-24-8-5-7-19-20(16-28(30,31)32)26(39-27(19)24)9-6-13-33-23-11-10-18(38(3,4)36)15-25(23)37-2/h5,7-8,10-11,15,21-22,33-34H,12-14,16-17H2,1-4H3/t21-,22-/m0/s1. The zero-order chi connectivity index (χ0) is 28.4. The average Bonchev–Trinajstić information content (AvgIpc) is 3.19. The molecule has 39 heavy (non-hydrogen) atoms. The monoisotopic (exact) mass is 581 g/mol. The summed E-state index contributed by atoms with van der Waals surface area (Å²) in [6.45, 7) is 4.56. The Kier molecular flexibility index (Phi) is 8.85. The van der Waals surface area contributed by atoms with Crippen molar-refractivity contribution in [3.8, 4) is 17.6 Å². The number of thiophene rings is 1. The van der Waals surface area contributed by atoms with Gasteiger partial charge in [0.25, 0.3) is 0 Å². The van der Waals surface area contributed by atoms with E-state index in [1.54, 1.807) is 49.7 Å². The number of alkyl halides is 4. The third kappa shape index (κ3) is 7.27. The fourth-order valence-electron chi connectivity index (χ4n) is 4.60. The van der Waals surface area contributed by atoms with E-state index in [1.165, 1.54) is 18.4 Å². The quantitative estimate of drug-likeness (QED) is 0.198. The Hall–Kier alpha value is -2.73. The second kappa shape index (κ2) is 11.8. The molecule has 3 aromatic rings. The van der Waals surface area contributed by atoms with Crippen LogP contribution in [0.4, 0.5) is 28.9 Å². The fourth-order valence-corrected chi connectivity index (χ4v) is 6.64. The highest BCUT2D eigenvalue weighted by Gasteiger charge is 2.32. The molecule has 0 amide bonds. The number of likely N-dealkylation sites (tertiary alicyclic amines) is 1. The molecule has 1 saturated heterocycles. The Morgan fingerprint density at radius 1 is 1.21 bits per heavy atom. The highest BCUT2D eigenvalue weighted by atomic mass is 32.1. The lowest BCUT2D eigenvalue weighted by Gasteiger charge is -2.33. The van der Waals surface area contributed by atoms with Gasteiger partial charge in [0.15, 0.2) is 0 Å². The van der Waals surface area contributed by atoms with Crippen molar-refractivity contribution in [2.45, 2.75) is 31.2 Å². The van der Waals surface area contributed by atoms with Crippen LogP contribution in [0.25, 0.3) is 10.1 Å². The maximum Gasteiger partial charge on any atom is 0.393 e. The summed E-state index contributed by atoms with van der Waals surface area (Å²) >= 11 is 1.19. The van der Waals surface area contributed by atoms with Crippen LogP contribution in [0.3, 0.4) is 0 Å². The molecule has 0 aliphatic carbocycles. The SMILES string of the molecule is COc1cc(P(C)(C)=O)ccc1NCC#Cc1sc2c(N[C@H]3CCN(C)C[C@@H]3F)cccc2c1CC(F)(F)F. The van der Waals surface area contributed by atoms with Crippen LogP contribution >= 0.6 is 18.5 Å². The summed E-state index contributed by atoms with van der Waals surface area (Å²) in [5.41, 5.74) is 1.39. The topological polar surface area (TPSA) is 53.6 Å². The zero-order valence-corrected chi connectivity index (χ0v) is 24.0.